The van der Waals surface area contributed by atoms with E-state index in [-0.39, 0.29) is 0 Å². The van der Waals surface area contributed by atoms with Crippen molar-refractivity contribution in [3.05, 3.63) is 36.7 Å². The summed E-state index contributed by atoms with van der Waals surface area (Å²) in [6.07, 6.45) is 5.28. The van der Waals surface area contributed by atoms with E-state index in [1.165, 1.54) is 0 Å². The molecule has 1 rings (SSSR count). The predicted octanol–water partition coefficient (Wildman–Crippen LogP) is 3.78. The molecule has 0 fully saturated rings. The Morgan fingerprint density at radius 1 is 1.25 bits per heavy atom. The molecule has 1 aromatic rings. The van der Waals surface area contributed by atoms with Crippen LogP contribution in [0.2, 0.25) is 0 Å². The van der Waals surface area contributed by atoms with Crippen molar-refractivity contribution < 1.29 is 0 Å². The van der Waals surface area contributed by atoms with Crippen molar-refractivity contribution in [2.75, 3.05) is 0 Å². The highest BCUT2D eigenvalue weighted by Gasteiger charge is 1.77. The Balaban J connectivity index is 0. The van der Waals surface area contributed by atoms with E-state index >= 15 is 0 Å². The minimum atomic E-state index is 1.06. The van der Waals surface area contributed by atoms with Crippen LogP contribution in [0.25, 0.3) is 6.08 Å². The van der Waals surface area contributed by atoms with Gasteiger partial charge in [0.05, 0.1) is 0 Å². The van der Waals surface area contributed by atoms with Gasteiger partial charge in [-0.3, -0.25) is 4.98 Å². The molecule has 12 heavy (non-hydrogen) atoms. The molecular weight excluding hydrogens is 146 g/mol. The molecule has 0 spiro atoms. The lowest BCUT2D eigenvalue weighted by Crippen LogP contribution is -1.70. The highest BCUT2D eigenvalue weighted by molar-refractivity contribution is 5.44. The van der Waals surface area contributed by atoms with Crippen molar-refractivity contribution in [1.82, 2.24) is 4.98 Å². The second-order valence-electron chi connectivity index (χ2n) is 1.49. The molecule has 0 N–H and O–H groups in total. The number of nitrogens with zero attached hydrogens (tertiary/aromatic N) is 1. The van der Waals surface area contributed by atoms with Gasteiger partial charge in [-0.15, -0.1) is 0 Å². The zero-order chi connectivity index (χ0) is 9.82. The smallest absolute Gasteiger partial charge is 0.0340 e. The van der Waals surface area contributed by atoms with Gasteiger partial charge in [-0.2, -0.15) is 0 Å². The summed E-state index contributed by atoms with van der Waals surface area (Å²) in [5, 5.41) is 0. The minimum absolute atomic E-state index is 1.06. The topological polar surface area (TPSA) is 12.9 Å². The average molecular weight is 165 g/mol. The van der Waals surface area contributed by atoms with Crippen LogP contribution in [0.5, 0.6) is 0 Å². The SMILES string of the molecule is C=Cc1cccnc1.CC.CC. The Bertz CT molecular complexity index is 168. The summed E-state index contributed by atoms with van der Waals surface area (Å²) in [5.41, 5.74) is 1.06. The molecule has 1 nitrogen and oxygen atoms in total. The molecule has 0 aromatic carbocycles. The molecule has 0 saturated heterocycles. The van der Waals surface area contributed by atoms with Crippen LogP contribution in [0.3, 0.4) is 0 Å². The van der Waals surface area contributed by atoms with Crippen LogP contribution < -0.4 is 0 Å². The Kier molecular flexibility index (Phi) is 14.1. The fourth-order valence-corrected chi connectivity index (χ4v) is 0.497. The average Bonchev–Trinajstić information content (AvgIpc) is 2.25. The Morgan fingerprint density at radius 2 is 1.83 bits per heavy atom. The van der Waals surface area contributed by atoms with Gasteiger partial charge in [-0.1, -0.05) is 46.4 Å². The van der Waals surface area contributed by atoms with E-state index in [0.29, 0.717) is 0 Å². The molecule has 0 atom stereocenters. The van der Waals surface area contributed by atoms with Crippen molar-refractivity contribution in [2.24, 2.45) is 0 Å². The number of rotatable bonds is 1. The van der Waals surface area contributed by atoms with Gasteiger partial charge >= 0.3 is 0 Å². The first kappa shape index (κ1) is 13.5. The van der Waals surface area contributed by atoms with Crippen LogP contribution in [-0.2, 0) is 0 Å². The summed E-state index contributed by atoms with van der Waals surface area (Å²) >= 11 is 0. The summed E-state index contributed by atoms with van der Waals surface area (Å²) in [6, 6.07) is 3.84. The molecule has 1 heteroatoms. The minimum Gasteiger partial charge on any atom is -0.264 e. The quantitative estimate of drug-likeness (QED) is 0.617. The third-order valence-electron chi connectivity index (χ3n) is 0.920. The van der Waals surface area contributed by atoms with Crippen LogP contribution in [0, 0.1) is 0 Å². The summed E-state index contributed by atoms with van der Waals surface area (Å²) in [5.74, 6) is 0. The maximum atomic E-state index is 3.88. The molecule has 1 aromatic heterocycles. The fourth-order valence-electron chi connectivity index (χ4n) is 0.497. The first-order valence-electron chi connectivity index (χ1n) is 4.46. The van der Waals surface area contributed by atoms with E-state index in [0.717, 1.165) is 5.56 Å². The van der Waals surface area contributed by atoms with E-state index in [9.17, 15) is 0 Å². The van der Waals surface area contributed by atoms with E-state index in [1.54, 1.807) is 18.5 Å². The first-order chi connectivity index (χ1) is 5.93. The van der Waals surface area contributed by atoms with Gasteiger partial charge in [0.25, 0.3) is 0 Å². The Hall–Kier alpha value is -1.11. The fraction of sp³-hybridized carbons (Fsp3) is 0.364. The molecule has 0 aliphatic rings. The summed E-state index contributed by atoms with van der Waals surface area (Å²) in [7, 11) is 0. The van der Waals surface area contributed by atoms with E-state index in [4.69, 9.17) is 0 Å². The molecule has 0 amide bonds. The molecule has 0 aliphatic carbocycles. The lowest BCUT2D eigenvalue weighted by molar-refractivity contribution is 1.32. The molecule has 0 saturated carbocycles. The van der Waals surface area contributed by atoms with Crippen LogP contribution in [0.4, 0.5) is 0 Å². The molecule has 0 radical (unpaired) electrons. The van der Waals surface area contributed by atoms with Crippen molar-refractivity contribution >= 4 is 6.08 Å². The van der Waals surface area contributed by atoms with Gasteiger partial charge in [0, 0.05) is 12.4 Å². The highest BCUT2D eigenvalue weighted by Crippen LogP contribution is 1.94. The summed E-state index contributed by atoms with van der Waals surface area (Å²) in [6.45, 7) is 11.6. The van der Waals surface area contributed by atoms with Crippen molar-refractivity contribution in [3.63, 3.8) is 0 Å². The third-order valence-corrected chi connectivity index (χ3v) is 0.920. The lowest BCUT2D eigenvalue weighted by atomic mass is 10.3. The van der Waals surface area contributed by atoms with Crippen molar-refractivity contribution in [1.29, 1.82) is 0 Å². The van der Waals surface area contributed by atoms with Gasteiger partial charge in [-0.25, -0.2) is 0 Å². The van der Waals surface area contributed by atoms with E-state index in [2.05, 4.69) is 11.6 Å². The molecule has 1 heterocycles. The molecular formula is C11H19N. The van der Waals surface area contributed by atoms with Gasteiger partial charge < -0.3 is 0 Å². The molecule has 0 unspecified atom stereocenters. The highest BCUT2D eigenvalue weighted by atomic mass is 14.6. The maximum Gasteiger partial charge on any atom is 0.0340 e. The Labute approximate surface area is 76.2 Å². The number of hydrogen-bond donors (Lipinski definition) is 0. The predicted molar refractivity (Wildman–Crippen MR) is 57.0 cm³/mol. The maximum absolute atomic E-state index is 3.88. The van der Waals surface area contributed by atoms with E-state index in [1.807, 2.05) is 39.8 Å². The zero-order valence-corrected chi connectivity index (χ0v) is 8.54. The Morgan fingerprint density at radius 3 is 2.08 bits per heavy atom. The van der Waals surface area contributed by atoms with Gasteiger partial charge in [0.2, 0.25) is 0 Å². The van der Waals surface area contributed by atoms with Crippen LogP contribution in [0.15, 0.2) is 31.1 Å². The lowest BCUT2D eigenvalue weighted by Gasteiger charge is -1.84. The second kappa shape index (κ2) is 12.6. The molecule has 68 valence electrons. The molecule has 0 aliphatic heterocycles. The summed E-state index contributed by atoms with van der Waals surface area (Å²) in [4.78, 5) is 3.88. The van der Waals surface area contributed by atoms with Crippen molar-refractivity contribution in [2.45, 2.75) is 27.7 Å². The van der Waals surface area contributed by atoms with E-state index < -0.39 is 0 Å². The number of pyridine rings is 1. The van der Waals surface area contributed by atoms with Gasteiger partial charge in [0.1, 0.15) is 0 Å². The normalized spacial score (nSPS) is 6.67. The number of aromatic nitrogens is 1. The zero-order valence-electron chi connectivity index (χ0n) is 8.54. The van der Waals surface area contributed by atoms with Crippen molar-refractivity contribution in [3.8, 4) is 0 Å². The number of hydrogen-bond acceptors (Lipinski definition) is 1. The summed E-state index contributed by atoms with van der Waals surface area (Å²) < 4.78 is 0. The monoisotopic (exact) mass is 165 g/mol. The van der Waals surface area contributed by atoms with Gasteiger partial charge in [-0.05, 0) is 11.6 Å². The largest absolute Gasteiger partial charge is 0.264 e. The second-order valence-corrected chi connectivity index (χ2v) is 1.49. The standard InChI is InChI=1S/C7H7N.2C2H6/c1-2-7-4-3-5-8-6-7;2*1-2/h2-6H,1H2;2*1-2H3. The van der Waals surface area contributed by atoms with Crippen LogP contribution in [-0.4, -0.2) is 4.98 Å². The molecule has 0 bridgehead atoms. The van der Waals surface area contributed by atoms with Crippen LogP contribution >= 0.6 is 0 Å². The van der Waals surface area contributed by atoms with Crippen LogP contribution in [0.1, 0.15) is 33.3 Å². The first-order valence-corrected chi connectivity index (χ1v) is 4.46. The van der Waals surface area contributed by atoms with Gasteiger partial charge in [0.15, 0.2) is 0 Å². The third kappa shape index (κ3) is 7.00.